The van der Waals surface area contributed by atoms with Gasteiger partial charge in [0.15, 0.2) is 0 Å². The first kappa shape index (κ1) is 13.3. The van der Waals surface area contributed by atoms with Crippen LogP contribution in [0.25, 0.3) is 0 Å². The van der Waals surface area contributed by atoms with E-state index in [1.54, 1.807) is 0 Å². The van der Waals surface area contributed by atoms with Crippen LogP contribution in [0.1, 0.15) is 25.7 Å². The van der Waals surface area contributed by atoms with E-state index in [1.165, 1.54) is 18.5 Å². The molecular formula is C12H15N3O4. The SMILES string of the molecule is O=C(O)C1CCCCC1Nc1ccncc1[N+](=O)[O-]. The van der Waals surface area contributed by atoms with E-state index in [-0.39, 0.29) is 11.7 Å². The number of pyridine rings is 1. The van der Waals surface area contributed by atoms with E-state index < -0.39 is 16.8 Å². The van der Waals surface area contributed by atoms with Gasteiger partial charge in [0.2, 0.25) is 0 Å². The predicted octanol–water partition coefficient (Wildman–Crippen LogP) is 2.05. The molecule has 2 rings (SSSR count). The van der Waals surface area contributed by atoms with Crippen molar-refractivity contribution in [1.29, 1.82) is 0 Å². The molecule has 1 fully saturated rings. The van der Waals surface area contributed by atoms with Gasteiger partial charge in [0.25, 0.3) is 0 Å². The molecule has 1 aromatic rings. The third kappa shape index (κ3) is 2.98. The Bertz CT molecular complexity index is 492. The van der Waals surface area contributed by atoms with Gasteiger partial charge in [-0.15, -0.1) is 0 Å². The second-order valence-electron chi connectivity index (χ2n) is 4.63. The van der Waals surface area contributed by atoms with Crippen LogP contribution in [0.3, 0.4) is 0 Å². The second-order valence-corrected chi connectivity index (χ2v) is 4.63. The molecule has 7 heteroatoms. The van der Waals surface area contributed by atoms with Gasteiger partial charge in [-0.25, -0.2) is 0 Å². The quantitative estimate of drug-likeness (QED) is 0.637. The van der Waals surface area contributed by atoms with Gasteiger partial charge in [-0.05, 0) is 18.9 Å². The summed E-state index contributed by atoms with van der Waals surface area (Å²) in [6.07, 6.45) is 5.74. The monoisotopic (exact) mass is 265 g/mol. The van der Waals surface area contributed by atoms with E-state index in [1.807, 2.05) is 0 Å². The molecule has 7 nitrogen and oxygen atoms in total. The fourth-order valence-electron chi connectivity index (χ4n) is 2.45. The van der Waals surface area contributed by atoms with Crippen molar-refractivity contribution in [2.45, 2.75) is 31.7 Å². The lowest BCUT2D eigenvalue weighted by Crippen LogP contribution is -2.37. The van der Waals surface area contributed by atoms with Gasteiger partial charge in [-0.1, -0.05) is 12.8 Å². The summed E-state index contributed by atoms with van der Waals surface area (Å²) in [6, 6.07) is 1.23. The van der Waals surface area contributed by atoms with Gasteiger partial charge in [0.05, 0.1) is 10.8 Å². The number of carboxylic acid groups (broad SMARTS) is 1. The number of aliphatic carboxylic acids is 1. The van der Waals surface area contributed by atoms with Crippen LogP contribution in [0.15, 0.2) is 18.5 Å². The Morgan fingerprint density at radius 2 is 2.21 bits per heavy atom. The van der Waals surface area contributed by atoms with Crippen LogP contribution in [-0.2, 0) is 4.79 Å². The van der Waals surface area contributed by atoms with Crippen LogP contribution in [0.4, 0.5) is 11.4 Å². The third-order valence-corrected chi connectivity index (χ3v) is 3.42. The summed E-state index contributed by atoms with van der Waals surface area (Å²) in [6.45, 7) is 0. The molecule has 102 valence electrons. The van der Waals surface area contributed by atoms with Crippen molar-refractivity contribution in [2.24, 2.45) is 5.92 Å². The molecule has 19 heavy (non-hydrogen) atoms. The van der Waals surface area contributed by atoms with Crippen LogP contribution >= 0.6 is 0 Å². The number of carboxylic acids is 1. The van der Waals surface area contributed by atoms with Crippen LogP contribution in [0, 0.1) is 16.0 Å². The molecule has 2 N–H and O–H groups in total. The van der Waals surface area contributed by atoms with Gasteiger partial charge in [-0.3, -0.25) is 19.9 Å². The number of nitrogens with zero attached hydrogens (tertiary/aromatic N) is 2. The molecule has 0 spiro atoms. The molecule has 0 radical (unpaired) electrons. The largest absolute Gasteiger partial charge is 0.481 e. The van der Waals surface area contributed by atoms with E-state index in [0.717, 1.165) is 12.8 Å². The molecule has 1 aromatic heterocycles. The zero-order valence-corrected chi connectivity index (χ0v) is 10.3. The van der Waals surface area contributed by atoms with Crippen molar-refractivity contribution in [3.63, 3.8) is 0 Å². The smallest absolute Gasteiger partial charge is 0.310 e. The van der Waals surface area contributed by atoms with Crippen molar-refractivity contribution >= 4 is 17.3 Å². The molecule has 1 aliphatic carbocycles. The molecular weight excluding hydrogens is 250 g/mol. The summed E-state index contributed by atoms with van der Waals surface area (Å²) in [4.78, 5) is 25.3. The normalized spacial score (nSPS) is 22.7. The molecule has 0 aromatic carbocycles. The minimum absolute atomic E-state index is 0.128. The number of rotatable bonds is 4. The first-order valence-corrected chi connectivity index (χ1v) is 6.17. The Hall–Kier alpha value is -2.18. The lowest BCUT2D eigenvalue weighted by atomic mass is 9.84. The topological polar surface area (TPSA) is 105 Å². The summed E-state index contributed by atoms with van der Waals surface area (Å²) in [5.41, 5.74) is 0.204. The van der Waals surface area contributed by atoms with E-state index in [2.05, 4.69) is 10.3 Å². The Morgan fingerprint density at radius 3 is 2.89 bits per heavy atom. The molecule has 1 heterocycles. The highest BCUT2D eigenvalue weighted by atomic mass is 16.6. The Balaban J connectivity index is 2.19. The molecule has 0 aliphatic heterocycles. The van der Waals surface area contributed by atoms with E-state index in [9.17, 15) is 20.0 Å². The fraction of sp³-hybridized carbons (Fsp3) is 0.500. The number of nitrogens with one attached hydrogen (secondary N) is 1. The number of carbonyl (C=O) groups is 1. The van der Waals surface area contributed by atoms with Crippen LogP contribution < -0.4 is 5.32 Å². The van der Waals surface area contributed by atoms with Crippen molar-refractivity contribution in [3.05, 3.63) is 28.6 Å². The van der Waals surface area contributed by atoms with Gasteiger partial charge in [-0.2, -0.15) is 0 Å². The van der Waals surface area contributed by atoms with Crippen molar-refractivity contribution in [3.8, 4) is 0 Å². The average molecular weight is 265 g/mol. The number of hydrogen-bond acceptors (Lipinski definition) is 5. The number of hydrogen-bond donors (Lipinski definition) is 2. The predicted molar refractivity (Wildman–Crippen MR) is 67.9 cm³/mol. The fourth-order valence-corrected chi connectivity index (χ4v) is 2.45. The minimum Gasteiger partial charge on any atom is -0.481 e. The van der Waals surface area contributed by atoms with Crippen molar-refractivity contribution in [2.75, 3.05) is 5.32 Å². The maximum Gasteiger partial charge on any atom is 0.310 e. The zero-order chi connectivity index (χ0) is 13.8. The highest BCUT2D eigenvalue weighted by molar-refractivity contribution is 5.72. The van der Waals surface area contributed by atoms with E-state index in [4.69, 9.17) is 0 Å². The summed E-state index contributed by atoms with van der Waals surface area (Å²) in [7, 11) is 0. The van der Waals surface area contributed by atoms with Crippen LogP contribution in [0.5, 0.6) is 0 Å². The number of nitro groups is 1. The van der Waals surface area contributed by atoms with Gasteiger partial charge in [0, 0.05) is 12.2 Å². The molecule has 0 saturated heterocycles. The minimum atomic E-state index is -0.853. The zero-order valence-electron chi connectivity index (χ0n) is 10.3. The first-order valence-electron chi connectivity index (χ1n) is 6.17. The maximum absolute atomic E-state index is 11.2. The van der Waals surface area contributed by atoms with Crippen molar-refractivity contribution in [1.82, 2.24) is 4.98 Å². The summed E-state index contributed by atoms with van der Waals surface area (Å²) in [5, 5.41) is 23.1. The molecule has 2 atom stereocenters. The summed E-state index contributed by atoms with van der Waals surface area (Å²) >= 11 is 0. The molecule has 0 amide bonds. The van der Waals surface area contributed by atoms with E-state index >= 15 is 0 Å². The highest BCUT2D eigenvalue weighted by Crippen LogP contribution is 2.30. The standard InChI is InChI=1S/C12H15N3O4/c16-12(17)8-3-1-2-4-9(8)14-10-5-6-13-7-11(10)15(18)19/h5-9H,1-4H2,(H,13,14)(H,16,17). The second kappa shape index (κ2) is 5.64. The number of aromatic nitrogens is 1. The average Bonchev–Trinajstić information content (AvgIpc) is 2.39. The lowest BCUT2D eigenvalue weighted by Gasteiger charge is -2.29. The molecule has 0 bridgehead atoms. The Labute approximate surface area is 109 Å². The maximum atomic E-state index is 11.2. The summed E-state index contributed by atoms with van der Waals surface area (Å²) in [5.74, 6) is -1.35. The molecule has 2 unspecified atom stereocenters. The Morgan fingerprint density at radius 1 is 1.47 bits per heavy atom. The van der Waals surface area contributed by atoms with Crippen molar-refractivity contribution < 1.29 is 14.8 Å². The number of anilines is 1. The Kier molecular flexibility index (Phi) is 3.94. The van der Waals surface area contributed by atoms with Gasteiger partial charge in [0.1, 0.15) is 11.9 Å². The van der Waals surface area contributed by atoms with Crippen LogP contribution in [0.2, 0.25) is 0 Å². The van der Waals surface area contributed by atoms with E-state index in [0.29, 0.717) is 18.5 Å². The van der Waals surface area contributed by atoms with Gasteiger partial charge < -0.3 is 10.4 Å². The molecule has 1 aliphatic rings. The summed E-state index contributed by atoms with van der Waals surface area (Å²) < 4.78 is 0. The molecule has 1 saturated carbocycles. The van der Waals surface area contributed by atoms with Crippen LogP contribution in [-0.4, -0.2) is 27.0 Å². The van der Waals surface area contributed by atoms with Gasteiger partial charge >= 0.3 is 11.7 Å². The highest BCUT2D eigenvalue weighted by Gasteiger charge is 2.31. The lowest BCUT2D eigenvalue weighted by molar-refractivity contribution is -0.384. The first-order chi connectivity index (χ1) is 9.09. The third-order valence-electron chi connectivity index (χ3n) is 3.42.